The molecule has 0 aliphatic rings. The van der Waals surface area contributed by atoms with Crippen LogP contribution in [0.3, 0.4) is 0 Å². The van der Waals surface area contributed by atoms with Crippen LogP contribution in [0, 0.1) is 0 Å². The maximum Gasteiger partial charge on any atom is 0.138 e. The zero-order chi connectivity index (χ0) is 16.3. The lowest BCUT2D eigenvalue weighted by Gasteiger charge is -2.18. The molecular formula is C15H16ClN4O2-. The van der Waals surface area contributed by atoms with E-state index < -0.39 is 5.97 Å². The largest absolute Gasteiger partial charge is 0.550 e. The second-order valence-electron chi connectivity index (χ2n) is 5.09. The number of halogens is 1. The highest BCUT2D eigenvalue weighted by Crippen LogP contribution is 2.24. The smallest absolute Gasteiger partial charge is 0.138 e. The number of benzene rings is 1. The number of nitrogen functional groups attached to an aromatic ring is 1. The summed E-state index contributed by atoms with van der Waals surface area (Å²) in [6, 6.07) is 7.37. The molecule has 1 aromatic carbocycles. The monoisotopic (exact) mass is 319 g/mol. The molecule has 2 N–H and O–H groups in total. The van der Waals surface area contributed by atoms with Crippen LogP contribution in [0.4, 0.5) is 11.5 Å². The van der Waals surface area contributed by atoms with Crippen molar-refractivity contribution in [2.24, 2.45) is 0 Å². The van der Waals surface area contributed by atoms with E-state index in [2.05, 4.69) is 9.97 Å². The van der Waals surface area contributed by atoms with Gasteiger partial charge in [-0.25, -0.2) is 9.97 Å². The van der Waals surface area contributed by atoms with Crippen LogP contribution in [-0.4, -0.2) is 30.0 Å². The number of carboxylic acids is 1. The van der Waals surface area contributed by atoms with Gasteiger partial charge in [0.25, 0.3) is 0 Å². The standard InChI is InChI=1S/C15H17ClN4O2/c1-20(2)15-11(8-13(21)22)14(16)18-12(19-15)7-9-3-5-10(17)6-4-9/h3-6H,7-8,17H2,1-2H3,(H,21,22)/p-1. The third kappa shape index (κ3) is 3.85. The van der Waals surface area contributed by atoms with E-state index in [0.717, 1.165) is 5.56 Å². The molecule has 2 rings (SSSR count). The van der Waals surface area contributed by atoms with Gasteiger partial charge in [0.1, 0.15) is 16.8 Å². The van der Waals surface area contributed by atoms with Crippen LogP contribution in [0.15, 0.2) is 24.3 Å². The summed E-state index contributed by atoms with van der Waals surface area (Å²) in [5.74, 6) is -0.227. The molecule has 6 nitrogen and oxygen atoms in total. The van der Waals surface area contributed by atoms with Crippen molar-refractivity contribution in [3.05, 3.63) is 46.4 Å². The molecule has 0 amide bonds. The van der Waals surface area contributed by atoms with Gasteiger partial charge in [0.15, 0.2) is 0 Å². The van der Waals surface area contributed by atoms with Crippen LogP contribution in [0.1, 0.15) is 17.0 Å². The summed E-state index contributed by atoms with van der Waals surface area (Å²) in [6.45, 7) is 0. The Balaban J connectivity index is 2.37. The molecule has 0 saturated carbocycles. The summed E-state index contributed by atoms with van der Waals surface area (Å²) in [5.41, 5.74) is 7.68. The van der Waals surface area contributed by atoms with Crippen LogP contribution in [0.25, 0.3) is 0 Å². The Morgan fingerprint density at radius 2 is 1.91 bits per heavy atom. The van der Waals surface area contributed by atoms with Gasteiger partial charge in [-0.2, -0.15) is 0 Å². The van der Waals surface area contributed by atoms with Crippen molar-refractivity contribution >= 4 is 29.1 Å². The number of anilines is 2. The van der Waals surface area contributed by atoms with Crippen LogP contribution in [0.2, 0.25) is 5.15 Å². The first-order chi connectivity index (χ1) is 10.4. The van der Waals surface area contributed by atoms with Crippen LogP contribution < -0.4 is 15.7 Å². The summed E-state index contributed by atoms with van der Waals surface area (Å²) >= 11 is 6.13. The van der Waals surface area contributed by atoms with Crippen molar-refractivity contribution in [2.75, 3.05) is 24.7 Å². The molecule has 22 heavy (non-hydrogen) atoms. The SMILES string of the molecule is CN(C)c1nc(Cc2ccc(N)cc2)nc(Cl)c1CC(=O)[O-]. The number of hydrogen-bond donors (Lipinski definition) is 1. The number of nitrogens with zero attached hydrogens (tertiary/aromatic N) is 3. The van der Waals surface area contributed by atoms with Gasteiger partial charge in [-0.15, -0.1) is 0 Å². The minimum atomic E-state index is -1.22. The Hall–Kier alpha value is -2.34. The lowest BCUT2D eigenvalue weighted by molar-refractivity contribution is -0.304. The molecule has 0 aliphatic heterocycles. The van der Waals surface area contributed by atoms with Gasteiger partial charge < -0.3 is 20.5 Å². The number of carbonyl (C=O) groups excluding carboxylic acids is 1. The predicted molar refractivity (Wildman–Crippen MR) is 83.7 cm³/mol. The van der Waals surface area contributed by atoms with E-state index in [0.29, 0.717) is 29.3 Å². The fourth-order valence-corrected chi connectivity index (χ4v) is 2.30. The molecule has 2 aromatic rings. The van der Waals surface area contributed by atoms with E-state index in [1.54, 1.807) is 31.1 Å². The average Bonchev–Trinajstić information content (AvgIpc) is 2.43. The summed E-state index contributed by atoms with van der Waals surface area (Å²) in [4.78, 5) is 21.2. The number of carboxylic acid groups (broad SMARTS) is 1. The van der Waals surface area contributed by atoms with E-state index in [1.165, 1.54) is 0 Å². The highest BCUT2D eigenvalue weighted by atomic mass is 35.5. The van der Waals surface area contributed by atoms with Crippen molar-refractivity contribution in [1.29, 1.82) is 0 Å². The molecule has 116 valence electrons. The lowest BCUT2D eigenvalue weighted by Crippen LogP contribution is -2.26. The molecule has 0 atom stereocenters. The molecule has 0 unspecified atom stereocenters. The Kier molecular flexibility index (Phi) is 4.82. The summed E-state index contributed by atoms with van der Waals surface area (Å²) < 4.78 is 0. The Morgan fingerprint density at radius 1 is 1.27 bits per heavy atom. The maximum atomic E-state index is 10.8. The molecule has 0 fully saturated rings. The van der Waals surface area contributed by atoms with Gasteiger partial charge in [-0.3, -0.25) is 0 Å². The molecule has 7 heteroatoms. The molecule has 1 heterocycles. The third-order valence-electron chi connectivity index (χ3n) is 3.07. The van der Waals surface area contributed by atoms with Gasteiger partial charge in [-0.05, 0) is 17.7 Å². The summed E-state index contributed by atoms with van der Waals surface area (Å²) in [7, 11) is 3.54. The van der Waals surface area contributed by atoms with Crippen molar-refractivity contribution in [1.82, 2.24) is 9.97 Å². The third-order valence-corrected chi connectivity index (χ3v) is 3.38. The van der Waals surface area contributed by atoms with Crippen molar-refractivity contribution in [3.8, 4) is 0 Å². The van der Waals surface area contributed by atoms with Gasteiger partial charge in [-0.1, -0.05) is 23.7 Å². The quantitative estimate of drug-likeness (QED) is 0.642. The van der Waals surface area contributed by atoms with Crippen molar-refractivity contribution in [3.63, 3.8) is 0 Å². The molecule has 0 radical (unpaired) electrons. The van der Waals surface area contributed by atoms with E-state index in [4.69, 9.17) is 17.3 Å². The number of aliphatic carboxylic acids is 1. The second-order valence-corrected chi connectivity index (χ2v) is 5.45. The topological polar surface area (TPSA) is 95.2 Å². The van der Waals surface area contributed by atoms with Crippen LogP contribution >= 0.6 is 11.6 Å². The van der Waals surface area contributed by atoms with Gasteiger partial charge in [0.05, 0.1) is 0 Å². The highest BCUT2D eigenvalue weighted by Gasteiger charge is 2.15. The number of hydrogen-bond acceptors (Lipinski definition) is 6. The molecule has 0 bridgehead atoms. The number of aromatic nitrogens is 2. The Labute approximate surface area is 133 Å². The van der Waals surface area contributed by atoms with Crippen molar-refractivity contribution < 1.29 is 9.90 Å². The Bertz CT molecular complexity index is 687. The number of nitrogens with two attached hydrogens (primary N) is 1. The fourth-order valence-electron chi connectivity index (χ4n) is 2.05. The first-order valence-electron chi connectivity index (χ1n) is 6.63. The minimum Gasteiger partial charge on any atom is -0.550 e. The second kappa shape index (κ2) is 6.62. The first-order valence-corrected chi connectivity index (χ1v) is 7.01. The van der Waals surface area contributed by atoms with E-state index in [9.17, 15) is 9.90 Å². The van der Waals surface area contributed by atoms with E-state index in [1.807, 2.05) is 12.1 Å². The summed E-state index contributed by atoms with van der Waals surface area (Å²) in [5, 5.41) is 11.0. The zero-order valence-electron chi connectivity index (χ0n) is 12.3. The normalized spacial score (nSPS) is 10.5. The van der Waals surface area contributed by atoms with E-state index in [-0.39, 0.29) is 11.6 Å². The lowest BCUT2D eigenvalue weighted by atomic mass is 10.1. The van der Waals surface area contributed by atoms with Gasteiger partial charge in [0.2, 0.25) is 0 Å². The average molecular weight is 320 g/mol. The minimum absolute atomic E-state index is 0.133. The predicted octanol–water partition coefficient (Wildman–Crippen LogP) is 0.661. The van der Waals surface area contributed by atoms with Crippen LogP contribution in [0.5, 0.6) is 0 Å². The molecule has 1 aromatic heterocycles. The van der Waals surface area contributed by atoms with Crippen LogP contribution in [-0.2, 0) is 17.6 Å². The van der Waals surface area contributed by atoms with E-state index >= 15 is 0 Å². The van der Waals surface area contributed by atoms with Gasteiger partial charge in [0, 0.05) is 44.2 Å². The molecule has 0 saturated heterocycles. The Morgan fingerprint density at radius 3 is 2.45 bits per heavy atom. The number of rotatable bonds is 5. The van der Waals surface area contributed by atoms with Crippen molar-refractivity contribution in [2.45, 2.75) is 12.8 Å². The first kappa shape index (κ1) is 16.0. The zero-order valence-corrected chi connectivity index (χ0v) is 13.1. The van der Waals surface area contributed by atoms with Gasteiger partial charge >= 0.3 is 0 Å². The summed E-state index contributed by atoms with van der Waals surface area (Å²) in [6.07, 6.45) is 0.154. The molecule has 0 spiro atoms. The highest BCUT2D eigenvalue weighted by molar-refractivity contribution is 6.30. The number of carbonyl (C=O) groups is 1. The maximum absolute atomic E-state index is 10.8. The molecular weight excluding hydrogens is 304 g/mol. The molecule has 0 aliphatic carbocycles. The fraction of sp³-hybridized carbons (Fsp3) is 0.267.